The molecule has 2 aromatic heterocycles. The van der Waals surface area contributed by atoms with E-state index in [0.29, 0.717) is 24.8 Å². The summed E-state index contributed by atoms with van der Waals surface area (Å²) in [5.41, 5.74) is 0.225. The molecular weight excluding hydrogens is 400 g/mol. The van der Waals surface area contributed by atoms with Gasteiger partial charge in [0.1, 0.15) is 23.0 Å². The number of rotatable bonds is 5. The highest BCUT2D eigenvalue weighted by Crippen LogP contribution is 2.21. The molecule has 1 fully saturated rings. The normalized spacial score (nSPS) is 19.5. The van der Waals surface area contributed by atoms with Gasteiger partial charge in [-0.1, -0.05) is 13.8 Å². The van der Waals surface area contributed by atoms with Crippen LogP contribution in [0.2, 0.25) is 0 Å². The first-order valence-corrected chi connectivity index (χ1v) is 10.6. The first-order valence-electron chi connectivity index (χ1n) is 10.6. The van der Waals surface area contributed by atoms with E-state index in [1.165, 1.54) is 6.92 Å². The van der Waals surface area contributed by atoms with Crippen LogP contribution in [0.5, 0.6) is 0 Å². The van der Waals surface area contributed by atoms with E-state index in [1.54, 1.807) is 21.8 Å². The number of carbonyl (C=O) groups is 2. The van der Waals surface area contributed by atoms with Crippen molar-refractivity contribution in [2.75, 3.05) is 18.4 Å². The summed E-state index contributed by atoms with van der Waals surface area (Å²) >= 11 is 0. The number of imidazole rings is 1. The van der Waals surface area contributed by atoms with Crippen LogP contribution in [0.25, 0.3) is 5.52 Å². The van der Waals surface area contributed by atoms with Gasteiger partial charge in [-0.15, -0.1) is 5.10 Å². The molecule has 3 rings (SSSR count). The van der Waals surface area contributed by atoms with E-state index in [0.717, 1.165) is 17.8 Å². The SMILES string of the molecule is CC(=O)O[C@@H]1CN(C(=O)OC(C)(C)C)CC[C@H]1Nc1ncc2cnc(CC(C)C)n2n1. The van der Waals surface area contributed by atoms with Crippen LogP contribution in [0.4, 0.5) is 10.7 Å². The van der Waals surface area contributed by atoms with Crippen molar-refractivity contribution in [2.24, 2.45) is 5.92 Å². The lowest BCUT2D eigenvalue weighted by Crippen LogP contribution is -2.54. The number of likely N-dealkylation sites (tertiary alicyclic amines) is 1. The summed E-state index contributed by atoms with van der Waals surface area (Å²) < 4.78 is 12.8. The average Bonchev–Trinajstić information content (AvgIpc) is 3.03. The van der Waals surface area contributed by atoms with E-state index < -0.39 is 23.8 Å². The molecule has 0 aromatic carbocycles. The van der Waals surface area contributed by atoms with E-state index in [2.05, 4.69) is 34.2 Å². The van der Waals surface area contributed by atoms with Gasteiger partial charge in [0.15, 0.2) is 0 Å². The number of piperidine rings is 1. The lowest BCUT2D eigenvalue weighted by Gasteiger charge is -2.38. The first kappa shape index (κ1) is 22.8. The number of carbonyl (C=O) groups excluding carboxylic acids is 2. The number of fused-ring (bicyclic) bond motifs is 1. The molecule has 0 unspecified atom stereocenters. The number of aromatic nitrogens is 4. The fourth-order valence-corrected chi connectivity index (χ4v) is 3.49. The molecule has 0 spiro atoms. The minimum Gasteiger partial charge on any atom is -0.458 e. The Kier molecular flexibility index (Phi) is 6.66. The third-order valence-electron chi connectivity index (χ3n) is 4.78. The predicted octanol–water partition coefficient (Wildman–Crippen LogP) is 2.68. The first-order chi connectivity index (χ1) is 14.5. The molecule has 0 saturated carbocycles. The summed E-state index contributed by atoms with van der Waals surface area (Å²) in [5.74, 6) is 1.32. The highest BCUT2D eigenvalue weighted by molar-refractivity contribution is 5.69. The minimum atomic E-state index is -0.592. The largest absolute Gasteiger partial charge is 0.458 e. The number of ether oxygens (including phenoxy) is 2. The average molecular weight is 433 g/mol. The third kappa shape index (κ3) is 6.05. The van der Waals surface area contributed by atoms with Crippen molar-refractivity contribution in [1.29, 1.82) is 0 Å². The third-order valence-corrected chi connectivity index (χ3v) is 4.78. The Bertz CT molecular complexity index is 936. The summed E-state index contributed by atoms with van der Waals surface area (Å²) in [5, 5.41) is 7.86. The van der Waals surface area contributed by atoms with Gasteiger partial charge in [0.2, 0.25) is 5.95 Å². The fraction of sp³-hybridized carbons (Fsp3) is 0.667. The van der Waals surface area contributed by atoms with Crippen LogP contribution >= 0.6 is 0 Å². The monoisotopic (exact) mass is 432 g/mol. The Hall–Kier alpha value is -2.91. The highest BCUT2D eigenvalue weighted by Gasteiger charge is 2.36. The smallest absolute Gasteiger partial charge is 0.410 e. The number of nitrogens with zero attached hydrogens (tertiary/aromatic N) is 5. The van der Waals surface area contributed by atoms with Gasteiger partial charge in [-0.05, 0) is 33.1 Å². The van der Waals surface area contributed by atoms with Gasteiger partial charge in [0, 0.05) is 19.9 Å². The number of anilines is 1. The Morgan fingerprint density at radius 1 is 1.26 bits per heavy atom. The summed E-state index contributed by atoms with van der Waals surface area (Å²) in [6.07, 6.45) is 3.86. The van der Waals surface area contributed by atoms with E-state index >= 15 is 0 Å². The maximum atomic E-state index is 12.5. The molecule has 170 valence electrons. The molecule has 0 aliphatic carbocycles. The Morgan fingerprint density at radius 2 is 1.97 bits per heavy atom. The second-order valence-electron chi connectivity index (χ2n) is 9.30. The Morgan fingerprint density at radius 3 is 2.61 bits per heavy atom. The fourth-order valence-electron chi connectivity index (χ4n) is 3.49. The molecular formula is C21H32N6O4. The standard InChI is InChI=1S/C21H32N6O4/c1-13(2)9-18-22-10-15-11-23-19(25-27(15)18)24-16-7-8-26(12-17(16)30-14(3)28)20(29)31-21(4,5)6/h10-11,13,16-17H,7-9,12H2,1-6H3,(H,24,25)/t16-,17-/m1/s1. The topological polar surface area (TPSA) is 111 Å². The molecule has 31 heavy (non-hydrogen) atoms. The molecule has 2 atom stereocenters. The van der Waals surface area contributed by atoms with Crippen LogP contribution in [0.3, 0.4) is 0 Å². The zero-order valence-corrected chi connectivity index (χ0v) is 19.1. The van der Waals surface area contributed by atoms with Crippen LogP contribution in [-0.4, -0.2) is 67.4 Å². The molecule has 10 nitrogen and oxygen atoms in total. The quantitative estimate of drug-likeness (QED) is 0.718. The van der Waals surface area contributed by atoms with Gasteiger partial charge in [0.25, 0.3) is 0 Å². The van der Waals surface area contributed by atoms with Crippen LogP contribution in [0.1, 0.15) is 53.8 Å². The molecule has 1 aliphatic rings. The van der Waals surface area contributed by atoms with Gasteiger partial charge in [-0.3, -0.25) is 4.79 Å². The van der Waals surface area contributed by atoms with E-state index in [-0.39, 0.29) is 12.6 Å². The molecule has 3 heterocycles. The second kappa shape index (κ2) is 9.07. The molecule has 0 bridgehead atoms. The summed E-state index contributed by atoms with van der Waals surface area (Å²) in [7, 11) is 0. The van der Waals surface area contributed by atoms with Crippen LogP contribution in [0.15, 0.2) is 12.4 Å². The second-order valence-corrected chi connectivity index (χ2v) is 9.30. The zero-order valence-electron chi connectivity index (χ0n) is 19.1. The van der Waals surface area contributed by atoms with Crippen LogP contribution in [0, 0.1) is 5.92 Å². The number of hydrogen-bond donors (Lipinski definition) is 1. The molecule has 1 saturated heterocycles. The summed E-state index contributed by atoms with van der Waals surface area (Å²) in [6, 6.07) is -0.239. The molecule has 2 aromatic rings. The van der Waals surface area contributed by atoms with Gasteiger partial charge >= 0.3 is 12.1 Å². The molecule has 0 radical (unpaired) electrons. The minimum absolute atomic E-state index is 0.234. The van der Waals surface area contributed by atoms with E-state index in [9.17, 15) is 9.59 Å². The Labute approximate surface area is 182 Å². The van der Waals surface area contributed by atoms with Crippen LogP contribution < -0.4 is 5.32 Å². The summed E-state index contributed by atoms with van der Waals surface area (Å²) in [4.78, 5) is 34.5. The zero-order chi connectivity index (χ0) is 22.8. The van der Waals surface area contributed by atoms with Crippen molar-refractivity contribution in [3.63, 3.8) is 0 Å². The number of nitrogens with one attached hydrogen (secondary N) is 1. The molecule has 10 heteroatoms. The summed E-state index contributed by atoms with van der Waals surface area (Å²) in [6.45, 7) is 11.8. The number of amides is 1. The number of hydrogen-bond acceptors (Lipinski definition) is 8. The van der Waals surface area contributed by atoms with Gasteiger partial charge in [-0.25, -0.2) is 19.3 Å². The van der Waals surface area contributed by atoms with Crippen molar-refractivity contribution in [1.82, 2.24) is 24.5 Å². The molecule has 1 N–H and O–H groups in total. The van der Waals surface area contributed by atoms with Gasteiger partial charge in [-0.2, -0.15) is 0 Å². The van der Waals surface area contributed by atoms with Crippen molar-refractivity contribution in [2.45, 2.75) is 72.1 Å². The van der Waals surface area contributed by atoms with Gasteiger partial charge < -0.3 is 19.7 Å². The number of esters is 1. The highest BCUT2D eigenvalue weighted by atomic mass is 16.6. The van der Waals surface area contributed by atoms with Crippen molar-refractivity contribution in [3.8, 4) is 0 Å². The van der Waals surface area contributed by atoms with E-state index in [1.807, 2.05) is 20.8 Å². The lowest BCUT2D eigenvalue weighted by molar-refractivity contribution is -0.149. The van der Waals surface area contributed by atoms with E-state index in [4.69, 9.17) is 9.47 Å². The van der Waals surface area contributed by atoms with Crippen LogP contribution in [-0.2, 0) is 20.7 Å². The molecule has 1 amide bonds. The maximum Gasteiger partial charge on any atom is 0.410 e. The Balaban J connectivity index is 1.75. The van der Waals surface area contributed by atoms with Crippen molar-refractivity contribution < 1.29 is 19.1 Å². The maximum absolute atomic E-state index is 12.5. The van der Waals surface area contributed by atoms with Crippen molar-refractivity contribution in [3.05, 3.63) is 18.2 Å². The van der Waals surface area contributed by atoms with Gasteiger partial charge in [0.05, 0.1) is 25.0 Å². The lowest BCUT2D eigenvalue weighted by atomic mass is 10.0. The predicted molar refractivity (Wildman–Crippen MR) is 115 cm³/mol. The molecule has 1 aliphatic heterocycles. The van der Waals surface area contributed by atoms with Crippen molar-refractivity contribution >= 4 is 23.5 Å².